The van der Waals surface area contributed by atoms with E-state index in [1.54, 1.807) is 0 Å². The van der Waals surface area contributed by atoms with Gasteiger partial charge in [-0.25, -0.2) is 0 Å². The van der Waals surface area contributed by atoms with Gasteiger partial charge in [-0.1, -0.05) is 19.8 Å². The van der Waals surface area contributed by atoms with Crippen LogP contribution in [0.15, 0.2) is 11.3 Å². The third-order valence-corrected chi connectivity index (χ3v) is 3.84. The van der Waals surface area contributed by atoms with Gasteiger partial charge in [0, 0.05) is 6.42 Å². The Morgan fingerprint density at radius 1 is 1.22 bits per heavy atom. The fourth-order valence-electron chi connectivity index (χ4n) is 1.91. The van der Waals surface area contributed by atoms with E-state index in [1.165, 1.54) is 0 Å². The first-order valence-electron chi connectivity index (χ1n) is 5.99. The van der Waals surface area contributed by atoms with Crippen molar-refractivity contribution in [3.05, 3.63) is 11.3 Å². The molecule has 0 fully saturated rings. The summed E-state index contributed by atoms with van der Waals surface area (Å²) in [5.41, 5.74) is -4.63. The van der Waals surface area contributed by atoms with E-state index in [2.05, 4.69) is 4.18 Å². The van der Waals surface area contributed by atoms with Crippen molar-refractivity contribution in [3.8, 4) is 0 Å². The first-order valence-corrected chi connectivity index (χ1v) is 7.40. The largest absolute Gasteiger partial charge is 0.534 e. The molecule has 0 unspecified atom stereocenters. The van der Waals surface area contributed by atoms with Crippen LogP contribution >= 0.6 is 0 Å². The number of alkyl halides is 3. The monoisotopic (exact) mass is 286 g/mol. The van der Waals surface area contributed by atoms with Crippen molar-refractivity contribution in [1.29, 1.82) is 0 Å². The molecule has 0 bridgehead atoms. The van der Waals surface area contributed by atoms with Crippen molar-refractivity contribution in [1.82, 2.24) is 0 Å². The molecule has 0 aliphatic heterocycles. The zero-order chi connectivity index (χ0) is 13.8. The zero-order valence-electron chi connectivity index (χ0n) is 10.2. The lowest BCUT2D eigenvalue weighted by Gasteiger charge is -2.12. The standard InChI is InChI=1S/C11H17F3O3S/c1-2-3-4-6-9-7-5-8-10(9)17-18(15,16)11(12,13)14/h2-8H2,1H3. The molecule has 0 saturated carbocycles. The van der Waals surface area contributed by atoms with Gasteiger partial charge in [0.2, 0.25) is 0 Å². The second kappa shape index (κ2) is 5.95. The van der Waals surface area contributed by atoms with Crippen LogP contribution in [0.1, 0.15) is 51.9 Å². The number of hydrogen-bond donors (Lipinski definition) is 0. The minimum absolute atomic E-state index is 0.00317. The Hall–Kier alpha value is -0.720. The van der Waals surface area contributed by atoms with Crippen molar-refractivity contribution in [2.24, 2.45) is 0 Å². The van der Waals surface area contributed by atoms with Gasteiger partial charge in [0.15, 0.2) is 0 Å². The Kier molecular flexibility index (Phi) is 5.07. The molecule has 1 rings (SSSR count). The summed E-state index contributed by atoms with van der Waals surface area (Å²) < 4.78 is 62.6. The van der Waals surface area contributed by atoms with Crippen LogP contribution in [0.2, 0.25) is 0 Å². The lowest BCUT2D eigenvalue weighted by molar-refractivity contribution is -0.0523. The predicted molar refractivity (Wildman–Crippen MR) is 61.1 cm³/mol. The number of unbranched alkanes of at least 4 members (excludes halogenated alkanes) is 2. The molecule has 0 N–H and O–H groups in total. The third kappa shape index (κ3) is 3.90. The molecule has 0 saturated heterocycles. The van der Waals surface area contributed by atoms with E-state index in [4.69, 9.17) is 0 Å². The van der Waals surface area contributed by atoms with E-state index >= 15 is 0 Å². The summed E-state index contributed by atoms with van der Waals surface area (Å²) in [6.45, 7) is 2.02. The maximum absolute atomic E-state index is 12.2. The Balaban J connectivity index is 2.72. The molecule has 0 aromatic carbocycles. The van der Waals surface area contributed by atoms with Crippen molar-refractivity contribution >= 4 is 10.1 Å². The van der Waals surface area contributed by atoms with Gasteiger partial charge >= 0.3 is 15.6 Å². The van der Waals surface area contributed by atoms with Gasteiger partial charge in [-0.2, -0.15) is 21.6 Å². The normalized spacial score (nSPS) is 17.3. The van der Waals surface area contributed by atoms with E-state index in [1.807, 2.05) is 6.92 Å². The third-order valence-electron chi connectivity index (χ3n) is 2.85. The smallest absolute Gasteiger partial charge is 0.381 e. The number of hydrogen-bond acceptors (Lipinski definition) is 3. The minimum Gasteiger partial charge on any atom is -0.381 e. The summed E-state index contributed by atoms with van der Waals surface area (Å²) in [4.78, 5) is 0. The first-order chi connectivity index (χ1) is 8.28. The molecule has 1 aliphatic rings. The van der Waals surface area contributed by atoms with Gasteiger partial charge < -0.3 is 4.18 Å². The molecule has 0 spiro atoms. The fraction of sp³-hybridized carbons (Fsp3) is 0.818. The summed E-state index contributed by atoms with van der Waals surface area (Å²) in [5.74, 6) is 0.00317. The number of allylic oxidation sites excluding steroid dienone is 2. The van der Waals surface area contributed by atoms with Gasteiger partial charge in [-0.3, -0.25) is 0 Å². The van der Waals surface area contributed by atoms with Crippen molar-refractivity contribution in [2.75, 3.05) is 0 Å². The zero-order valence-corrected chi connectivity index (χ0v) is 11.0. The highest BCUT2D eigenvalue weighted by Gasteiger charge is 2.49. The quantitative estimate of drug-likeness (QED) is 0.423. The van der Waals surface area contributed by atoms with Gasteiger partial charge in [0.05, 0.1) is 0 Å². The van der Waals surface area contributed by atoms with Gasteiger partial charge in [-0.05, 0) is 31.3 Å². The molecule has 1 aliphatic carbocycles. The highest BCUT2D eigenvalue weighted by Crippen LogP contribution is 2.35. The highest BCUT2D eigenvalue weighted by atomic mass is 32.2. The van der Waals surface area contributed by atoms with Crippen molar-refractivity contribution in [2.45, 2.75) is 57.4 Å². The Morgan fingerprint density at radius 3 is 2.44 bits per heavy atom. The molecule has 3 nitrogen and oxygen atoms in total. The Bertz CT molecular complexity index is 410. The molecule has 0 atom stereocenters. The molecule has 106 valence electrons. The van der Waals surface area contributed by atoms with Crippen LogP contribution in [-0.4, -0.2) is 13.9 Å². The lowest BCUT2D eigenvalue weighted by atomic mass is 10.1. The molecule has 7 heteroatoms. The maximum atomic E-state index is 12.2. The first kappa shape index (κ1) is 15.3. The molecular weight excluding hydrogens is 269 g/mol. The van der Waals surface area contributed by atoms with Crippen LogP contribution in [-0.2, 0) is 14.3 Å². The summed E-state index contributed by atoms with van der Waals surface area (Å²) in [5, 5.41) is 0. The number of halogens is 3. The maximum Gasteiger partial charge on any atom is 0.534 e. The van der Waals surface area contributed by atoms with Crippen LogP contribution in [0.5, 0.6) is 0 Å². The summed E-state index contributed by atoms with van der Waals surface area (Å²) in [7, 11) is -5.50. The van der Waals surface area contributed by atoms with Crippen LogP contribution in [0, 0.1) is 0 Å². The van der Waals surface area contributed by atoms with Gasteiger partial charge in [-0.15, -0.1) is 0 Å². The van der Waals surface area contributed by atoms with E-state index in [-0.39, 0.29) is 12.2 Å². The van der Waals surface area contributed by atoms with Crippen LogP contribution in [0.25, 0.3) is 0 Å². The number of rotatable bonds is 6. The van der Waals surface area contributed by atoms with Crippen molar-refractivity contribution < 1.29 is 25.8 Å². The topological polar surface area (TPSA) is 43.4 Å². The molecule has 0 amide bonds. The molecular formula is C11H17F3O3S. The van der Waals surface area contributed by atoms with Crippen molar-refractivity contribution in [3.63, 3.8) is 0 Å². The van der Waals surface area contributed by atoms with Gasteiger partial charge in [0.1, 0.15) is 5.76 Å². The van der Waals surface area contributed by atoms with Crippen LogP contribution in [0.4, 0.5) is 13.2 Å². The lowest BCUT2D eigenvalue weighted by Crippen LogP contribution is -2.25. The summed E-state index contributed by atoms with van der Waals surface area (Å²) in [6, 6.07) is 0. The average Bonchev–Trinajstić information content (AvgIpc) is 2.64. The predicted octanol–water partition coefficient (Wildman–Crippen LogP) is 3.87. The fourth-order valence-corrected chi connectivity index (χ4v) is 2.47. The van der Waals surface area contributed by atoms with Gasteiger partial charge in [0.25, 0.3) is 0 Å². The van der Waals surface area contributed by atoms with E-state index in [9.17, 15) is 21.6 Å². The highest BCUT2D eigenvalue weighted by molar-refractivity contribution is 7.87. The SMILES string of the molecule is CCCCCC1=C(OS(=O)(=O)C(F)(F)F)CCC1. The molecule has 0 heterocycles. The minimum atomic E-state index is -5.50. The van der Waals surface area contributed by atoms with Crippen LogP contribution < -0.4 is 0 Å². The second-order valence-electron chi connectivity index (χ2n) is 4.32. The second-order valence-corrected chi connectivity index (χ2v) is 5.86. The average molecular weight is 286 g/mol. The Labute approximate surface area is 105 Å². The van der Waals surface area contributed by atoms with Crippen LogP contribution in [0.3, 0.4) is 0 Å². The molecule has 0 aromatic rings. The van der Waals surface area contributed by atoms with E-state index in [0.29, 0.717) is 19.3 Å². The molecule has 0 radical (unpaired) electrons. The van der Waals surface area contributed by atoms with E-state index < -0.39 is 15.6 Å². The molecule has 0 aromatic heterocycles. The molecule has 18 heavy (non-hydrogen) atoms. The Morgan fingerprint density at radius 2 is 1.89 bits per heavy atom. The summed E-state index contributed by atoms with van der Waals surface area (Å²) in [6.07, 6.45) is 5.02. The van der Waals surface area contributed by atoms with E-state index in [0.717, 1.165) is 24.8 Å². The summed E-state index contributed by atoms with van der Waals surface area (Å²) >= 11 is 0.